The number of rotatable bonds is 6. The van der Waals surface area contributed by atoms with Gasteiger partial charge in [0.25, 0.3) is 15.9 Å². The van der Waals surface area contributed by atoms with Gasteiger partial charge in [0.1, 0.15) is 4.21 Å². The first kappa shape index (κ1) is 17.4. The summed E-state index contributed by atoms with van der Waals surface area (Å²) in [5, 5.41) is 4.68. The minimum Gasteiger partial charge on any atom is -0.351 e. The van der Waals surface area contributed by atoms with E-state index in [0.717, 1.165) is 11.3 Å². The van der Waals surface area contributed by atoms with Crippen molar-refractivity contribution < 1.29 is 18.1 Å². The molecule has 1 amide bonds. The molecule has 0 saturated carbocycles. The molecule has 0 aromatic carbocycles. The molecule has 1 saturated heterocycles. The highest BCUT2D eigenvalue weighted by Crippen LogP contribution is 2.20. The number of piperazine rings is 1. The van der Waals surface area contributed by atoms with Crippen molar-refractivity contribution in [3.8, 4) is 0 Å². The Bertz CT molecular complexity index is 578. The number of quaternary nitrogens is 1. The molecule has 0 radical (unpaired) electrons. The molecule has 2 heterocycles. The summed E-state index contributed by atoms with van der Waals surface area (Å²) >= 11 is 1.24. The lowest BCUT2D eigenvalue weighted by atomic mass is 10.2. The van der Waals surface area contributed by atoms with Gasteiger partial charge < -0.3 is 10.2 Å². The molecule has 8 heteroatoms. The molecule has 1 aromatic heterocycles. The van der Waals surface area contributed by atoms with E-state index in [9.17, 15) is 13.2 Å². The number of hydrogen-bond acceptors (Lipinski definition) is 4. The van der Waals surface area contributed by atoms with Gasteiger partial charge in [0.2, 0.25) is 0 Å². The molecular formula is C14H24N3O3S2+. The molecule has 124 valence electrons. The predicted molar refractivity (Wildman–Crippen MR) is 86.5 cm³/mol. The summed E-state index contributed by atoms with van der Waals surface area (Å²) in [5.41, 5.74) is 0. The summed E-state index contributed by atoms with van der Waals surface area (Å²) in [7, 11) is -3.36. The number of hydrogen-bond donors (Lipinski definition) is 2. The van der Waals surface area contributed by atoms with Crippen LogP contribution in [0.15, 0.2) is 21.7 Å². The van der Waals surface area contributed by atoms with Crippen LogP contribution in [0.1, 0.15) is 20.3 Å². The smallest absolute Gasteiger partial charge is 0.278 e. The zero-order valence-corrected chi connectivity index (χ0v) is 14.7. The van der Waals surface area contributed by atoms with Crippen molar-refractivity contribution in [2.45, 2.75) is 30.5 Å². The third-order valence-electron chi connectivity index (χ3n) is 4.01. The number of carbonyl (C=O) groups excluding carboxylic acids is 1. The van der Waals surface area contributed by atoms with Gasteiger partial charge in [-0.15, -0.1) is 11.3 Å². The topological polar surface area (TPSA) is 70.9 Å². The Morgan fingerprint density at radius 1 is 1.45 bits per heavy atom. The van der Waals surface area contributed by atoms with Gasteiger partial charge in [0.05, 0.1) is 26.2 Å². The zero-order chi connectivity index (χ0) is 16.2. The summed E-state index contributed by atoms with van der Waals surface area (Å²) in [4.78, 5) is 13.1. The third-order valence-corrected chi connectivity index (χ3v) is 7.28. The molecule has 1 aromatic rings. The van der Waals surface area contributed by atoms with E-state index in [1.165, 1.54) is 15.6 Å². The summed E-state index contributed by atoms with van der Waals surface area (Å²) in [6.07, 6.45) is 0.917. The quantitative estimate of drug-likeness (QED) is 0.733. The Balaban J connectivity index is 1.92. The Hall–Kier alpha value is -0.960. The monoisotopic (exact) mass is 346 g/mol. The summed E-state index contributed by atoms with van der Waals surface area (Å²) in [6, 6.07) is 3.25. The highest BCUT2D eigenvalue weighted by atomic mass is 32.2. The molecule has 0 bridgehead atoms. The molecular weight excluding hydrogens is 322 g/mol. The Morgan fingerprint density at radius 3 is 2.68 bits per heavy atom. The number of nitrogens with one attached hydrogen (secondary N) is 2. The molecule has 1 atom stereocenters. The maximum absolute atomic E-state index is 12.4. The van der Waals surface area contributed by atoms with Crippen LogP contribution in [0.4, 0.5) is 0 Å². The van der Waals surface area contributed by atoms with Crippen LogP contribution in [-0.4, -0.2) is 57.4 Å². The Kier molecular flexibility index (Phi) is 5.96. The van der Waals surface area contributed by atoms with Gasteiger partial charge in [-0.2, -0.15) is 4.31 Å². The second-order valence-corrected chi connectivity index (χ2v) is 8.62. The molecule has 22 heavy (non-hydrogen) atoms. The van der Waals surface area contributed by atoms with Gasteiger partial charge in [-0.05, 0) is 24.8 Å². The lowest BCUT2D eigenvalue weighted by Crippen LogP contribution is -3.19. The van der Waals surface area contributed by atoms with Crippen LogP contribution in [0.3, 0.4) is 0 Å². The highest BCUT2D eigenvalue weighted by molar-refractivity contribution is 7.91. The van der Waals surface area contributed by atoms with Crippen molar-refractivity contribution in [3.63, 3.8) is 0 Å². The highest BCUT2D eigenvalue weighted by Gasteiger charge is 2.34. The van der Waals surface area contributed by atoms with Crippen LogP contribution >= 0.6 is 11.3 Å². The van der Waals surface area contributed by atoms with E-state index >= 15 is 0 Å². The summed E-state index contributed by atoms with van der Waals surface area (Å²) in [6.45, 7) is 6.85. The lowest BCUT2D eigenvalue weighted by molar-refractivity contribution is -0.917. The van der Waals surface area contributed by atoms with Gasteiger partial charge in [-0.1, -0.05) is 13.0 Å². The first-order valence-corrected chi connectivity index (χ1v) is 9.94. The molecule has 1 aliphatic rings. The van der Waals surface area contributed by atoms with Crippen molar-refractivity contribution >= 4 is 27.3 Å². The van der Waals surface area contributed by atoms with Crippen LogP contribution in [0, 0.1) is 0 Å². The van der Waals surface area contributed by atoms with E-state index in [1.807, 2.05) is 13.8 Å². The van der Waals surface area contributed by atoms with Crippen molar-refractivity contribution in [2.75, 3.05) is 32.7 Å². The lowest BCUT2D eigenvalue weighted by Gasteiger charge is -2.33. The van der Waals surface area contributed by atoms with E-state index in [0.29, 0.717) is 36.9 Å². The molecule has 0 spiro atoms. The average molecular weight is 346 g/mol. The molecule has 1 aliphatic heterocycles. The first-order chi connectivity index (χ1) is 10.5. The largest absolute Gasteiger partial charge is 0.351 e. The van der Waals surface area contributed by atoms with Gasteiger partial charge >= 0.3 is 0 Å². The van der Waals surface area contributed by atoms with E-state index in [-0.39, 0.29) is 11.9 Å². The van der Waals surface area contributed by atoms with Gasteiger partial charge in [-0.3, -0.25) is 4.79 Å². The van der Waals surface area contributed by atoms with Gasteiger partial charge in [-0.25, -0.2) is 8.42 Å². The van der Waals surface area contributed by atoms with Crippen LogP contribution in [-0.2, 0) is 14.8 Å². The molecule has 6 nitrogen and oxygen atoms in total. The maximum atomic E-state index is 12.4. The average Bonchev–Trinajstić information content (AvgIpc) is 3.07. The minimum atomic E-state index is -3.36. The van der Waals surface area contributed by atoms with Crippen molar-refractivity contribution in [1.29, 1.82) is 0 Å². The minimum absolute atomic E-state index is 0.0476. The van der Waals surface area contributed by atoms with Crippen molar-refractivity contribution in [3.05, 3.63) is 17.5 Å². The molecule has 2 rings (SSSR count). The zero-order valence-electron chi connectivity index (χ0n) is 13.0. The molecule has 2 N–H and O–H groups in total. The molecule has 1 fully saturated rings. The third kappa shape index (κ3) is 3.87. The van der Waals surface area contributed by atoms with Gasteiger partial charge in [0, 0.05) is 6.54 Å². The van der Waals surface area contributed by atoms with Crippen LogP contribution in [0.5, 0.6) is 0 Å². The summed E-state index contributed by atoms with van der Waals surface area (Å²) in [5.74, 6) is 0.0476. The Morgan fingerprint density at radius 2 is 2.14 bits per heavy atom. The fourth-order valence-electron chi connectivity index (χ4n) is 2.57. The maximum Gasteiger partial charge on any atom is 0.278 e. The number of nitrogens with zero attached hydrogens (tertiary/aromatic N) is 1. The second kappa shape index (κ2) is 7.54. The number of carbonyl (C=O) groups is 1. The van der Waals surface area contributed by atoms with Gasteiger partial charge in [0.15, 0.2) is 6.04 Å². The normalized spacial score (nSPS) is 19.0. The fourth-order valence-corrected chi connectivity index (χ4v) is 5.16. The second-order valence-electron chi connectivity index (χ2n) is 5.51. The van der Waals surface area contributed by atoms with Crippen molar-refractivity contribution in [1.82, 2.24) is 9.62 Å². The predicted octanol–water partition coefficient (Wildman–Crippen LogP) is -0.448. The SMILES string of the molecule is CCCNC(=O)[C@H](C)[NH+]1CCN(S(=O)(=O)c2cccs2)CC1. The number of thiophene rings is 1. The first-order valence-electron chi connectivity index (χ1n) is 7.62. The number of amides is 1. The van der Waals surface area contributed by atoms with Crippen LogP contribution in [0.25, 0.3) is 0 Å². The molecule has 0 unspecified atom stereocenters. The summed E-state index contributed by atoms with van der Waals surface area (Å²) < 4.78 is 26.8. The van der Waals surface area contributed by atoms with E-state index < -0.39 is 10.0 Å². The van der Waals surface area contributed by atoms with Crippen LogP contribution < -0.4 is 10.2 Å². The standard InChI is InChI=1S/C14H23N3O3S2/c1-3-6-15-14(18)12(2)16-7-9-17(10-8-16)22(19,20)13-5-4-11-21-13/h4-5,11-12H,3,6-10H2,1-2H3,(H,15,18)/p+1/t12-/m0/s1. The number of sulfonamides is 1. The van der Waals surface area contributed by atoms with E-state index in [2.05, 4.69) is 5.32 Å². The van der Waals surface area contributed by atoms with Crippen molar-refractivity contribution in [2.24, 2.45) is 0 Å². The molecule has 0 aliphatic carbocycles. The van der Waals surface area contributed by atoms with E-state index in [1.54, 1.807) is 17.5 Å². The van der Waals surface area contributed by atoms with E-state index in [4.69, 9.17) is 0 Å². The fraction of sp³-hybridized carbons (Fsp3) is 0.643. The van der Waals surface area contributed by atoms with Crippen LogP contribution in [0.2, 0.25) is 0 Å². The Labute approximate surface area is 136 Å².